The second kappa shape index (κ2) is 8.97. The van der Waals surface area contributed by atoms with Crippen molar-refractivity contribution in [1.82, 2.24) is 9.80 Å². The molecule has 0 saturated carbocycles. The average Bonchev–Trinajstić information content (AvgIpc) is 2.70. The number of nitrogens with zero attached hydrogens (tertiary/aromatic N) is 3. The molecule has 0 spiro atoms. The van der Waals surface area contributed by atoms with Gasteiger partial charge in [0, 0.05) is 30.3 Å². The summed E-state index contributed by atoms with van der Waals surface area (Å²) in [7, 11) is 0. The van der Waals surface area contributed by atoms with E-state index in [9.17, 15) is 4.79 Å². The van der Waals surface area contributed by atoms with E-state index in [-0.39, 0.29) is 12.1 Å². The maximum atomic E-state index is 12.7. The zero-order valence-corrected chi connectivity index (χ0v) is 16.9. The minimum Gasteiger partial charge on any atom is -0.369 e. The zero-order chi connectivity index (χ0) is 20.1. The summed E-state index contributed by atoms with van der Waals surface area (Å²) in [5.74, 6) is 0.804. The minimum absolute atomic E-state index is 0.0946. The van der Waals surface area contributed by atoms with Gasteiger partial charge in [-0.3, -0.25) is 0 Å². The summed E-state index contributed by atoms with van der Waals surface area (Å²) in [5, 5.41) is 3.57. The number of rotatable bonds is 3. The highest BCUT2D eigenvalue weighted by atomic mass is 35.5. The maximum absolute atomic E-state index is 12.7. The largest absolute Gasteiger partial charge is 0.369 e. The van der Waals surface area contributed by atoms with Crippen molar-refractivity contribution in [2.45, 2.75) is 19.9 Å². The molecule has 2 aromatic rings. The Bertz CT molecular complexity index is 822. The van der Waals surface area contributed by atoms with Gasteiger partial charge in [-0.25, -0.2) is 9.79 Å². The monoisotopic (exact) mass is 399 g/mol. The van der Waals surface area contributed by atoms with Crippen molar-refractivity contribution in [2.24, 2.45) is 16.6 Å². The molecule has 3 N–H and O–H groups in total. The summed E-state index contributed by atoms with van der Waals surface area (Å²) in [4.78, 5) is 21.2. The van der Waals surface area contributed by atoms with Crippen LogP contribution in [0.15, 0.2) is 59.6 Å². The minimum atomic E-state index is -0.119. The fourth-order valence-corrected chi connectivity index (χ4v) is 3.41. The van der Waals surface area contributed by atoms with E-state index in [1.807, 2.05) is 35.2 Å². The highest BCUT2D eigenvalue weighted by Crippen LogP contribution is 2.20. The van der Waals surface area contributed by atoms with Gasteiger partial charge in [-0.15, -0.1) is 0 Å². The maximum Gasteiger partial charge on any atom is 0.321 e. The number of hydrogen-bond acceptors (Lipinski definition) is 2. The van der Waals surface area contributed by atoms with E-state index in [1.54, 1.807) is 24.3 Å². The molecular weight excluding hydrogens is 374 g/mol. The normalized spacial score (nSPS) is 17.7. The Morgan fingerprint density at radius 1 is 1.14 bits per heavy atom. The Labute approximate surface area is 171 Å². The van der Waals surface area contributed by atoms with Gasteiger partial charge in [0.05, 0.1) is 11.7 Å². The molecule has 1 aliphatic heterocycles. The van der Waals surface area contributed by atoms with Crippen LogP contribution in [0.4, 0.5) is 16.2 Å². The van der Waals surface area contributed by atoms with Gasteiger partial charge in [-0.1, -0.05) is 43.6 Å². The molecule has 28 heavy (non-hydrogen) atoms. The number of aliphatic imine (C=N–C) groups is 1. The topological polar surface area (TPSA) is 74.0 Å². The first-order valence-electron chi connectivity index (χ1n) is 9.41. The van der Waals surface area contributed by atoms with Gasteiger partial charge in [-0.2, -0.15) is 0 Å². The third kappa shape index (κ3) is 4.95. The predicted octanol–water partition coefficient (Wildman–Crippen LogP) is 4.16. The first-order chi connectivity index (χ1) is 13.4. The van der Waals surface area contributed by atoms with Crippen LogP contribution in [0.3, 0.4) is 0 Å². The van der Waals surface area contributed by atoms with Crippen molar-refractivity contribution in [3.8, 4) is 0 Å². The molecule has 2 aromatic carbocycles. The van der Waals surface area contributed by atoms with Crippen LogP contribution >= 0.6 is 11.6 Å². The first-order valence-corrected chi connectivity index (χ1v) is 9.79. The van der Waals surface area contributed by atoms with Gasteiger partial charge in [0.15, 0.2) is 5.96 Å². The number of nitrogens with two attached hydrogens (primary N) is 1. The van der Waals surface area contributed by atoms with Gasteiger partial charge >= 0.3 is 6.03 Å². The fourth-order valence-electron chi connectivity index (χ4n) is 3.28. The fraction of sp³-hybridized carbons (Fsp3) is 0.333. The summed E-state index contributed by atoms with van der Waals surface area (Å²) < 4.78 is 0. The van der Waals surface area contributed by atoms with E-state index in [2.05, 4.69) is 29.1 Å². The summed E-state index contributed by atoms with van der Waals surface area (Å²) in [5.41, 5.74) is 7.86. The van der Waals surface area contributed by atoms with Crippen LogP contribution in [0.2, 0.25) is 5.02 Å². The number of hydrogen-bond donors (Lipinski definition) is 2. The van der Waals surface area contributed by atoms with Gasteiger partial charge in [0.25, 0.3) is 0 Å². The van der Waals surface area contributed by atoms with Crippen molar-refractivity contribution in [3.63, 3.8) is 0 Å². The number of nitrogens with one attached hydrogen (secondary N) is 1. The lowest BCUT2D eigenvalue weighted by Crippen LogP contribution is -2.60. The van der Waals surface area contributed by atoms with Crippen LogP contribution in [0, 0.1) is 5.92 Å². The molecule has 1 fully saturated rings. The van der Waals surface area contributed by atoms with Crippen molar-refractivity contribution in [3.05, 3.63) is 59.6 Å². The molecule has 1 atom stereocenters. The number of urea groups is 1. The van der Waals surface area contributed by atoms with E-state index in [4.69, 9.17) is 17.3 Å². The first kappa shape index (κ1) is 20.0. The van der Waals surface area contributed by atoms with Gasteiger partial charge < -0.3 is 20.9 Å². The number of para-hydroxylation sites is 1. The van der Waals surface area contributed by atoms with E-state index >= 15 is 0 Å². The molecule has 1 saturated heterocycles. The molecule has 0 aromatic heterocycles. The predicted molar refractivity (Wildman–Crippen MR) is 115 cm³/mol. The number of guanidine groups is 1. The highest BCUT2D eigenvalue weighted by Gasteiger charge is 2.32. The number of piperazine rings is 1. The number of benzene rings is 2. The van der Waals surface area contributed by atoms with Crippen molar-refractivity contribution >= 4 is 35.0 Å². The molecule has 0 radical (unpaired) electrons. The van der Waals surface area contributed by atoms with Crippen molar-refractivity contribution < 1.29 is 4.79 Å². The molecule has 2 amide bonds. The summed E-state index contributed by atoms with van der Waals surface area (Å²) in [6.45, 7) is 6.07. The number of carbonyl (C=O) groups is 1. The number of carbonyl (C=O) groups excluding carboxylic acids is 1. The van der Waals surface area contributed by atoms with Gasteiger partial charge in [0.1, 0.15) is 0 Å². The standard InChI is InChI=1S/C21H26ClN5O/c1-15(2)19-14-26(21(28)25-18-10-8-16(22)9-11-18)12-13-27(19)20(23)24-17-6-4-3-5-7-17/h3-11,15,19H,12-14H2,1-2H3,(H2,23,24)(H,25,28). The van der Waals surface area contributed by atoms with E-state index < -0.39 is 0 Å². The van der Waals surface area contributed by atoms with Crippen LogP contribution in [-0.2, 0) is 0 Å². The lowest BCUT2D eigenvalue weighted by molar-refractivity contribution is 0.119. The molecule has 1 unspecified atom stereocenters. The van der Waals surface area contributed by atoms with Crippen LogP contribution in [-0.4, -0.2) is 47.5 Å². The molecule has 7 heteroatoms. The number of amides is 2. The lowest BCUT2D eigenvalue weighted by Gasteiger charge is -2.43. The smallest absolute Gasteiger partial charge is 0.321 e. The van der Waals surface area contributed by atoms with E-state index in [0.29, 0.717) is 36.5 Å². The Morgan fingerprint density at radius 2 is 1.82 bits per heavy atom. The van der Waals surface area contributed by atoms with Gasteiger partial charge in [0.2, 0.25) is 0 Å². The molecule has 0 aliphatic carbocycles. The summed E-state index contributed by atoms with van der Waals surface area (Å²) in [6.07, 6.45) is 0. The van der Waals surface area contributed by atoms with E-state index in [1.165, 1.54) is 0 Å². The summed E-state index contributed by atoms with van der Waals surface area (Å²) in [6, 6.07) is 16.7. The Kier molecular flexibility index (Phi) is 6.41. The molecule has 1 aliphatic rings. The van der Waals surface area contributed by atoms with Crippen molar-refractivity contribution in [2.75, 3.05) is 25.0 Å². The van der Waals surface area contributed by atoms with Crippen LogP contribution < -0.4 is 11.1 Å². The van der Waals surface area contributed by atoms with Crippen molar-refractivity contribution in [1.29, 1.82) is 0 Å². The van der Waals surface area contributed by atoms with E-state index in [0.717, 1.165) is 11.4 Å². The second-order valence-electron chi connectivity index (χ2n) is 7.19. The SMILES string of the molecule is CC(C)C1CN(C(=O)Nc2ccc(Cl)cc2)CCN1C(N)=Nc1ccccc1. The Balaban J connectivity index is 1.69. The molecule has 1 heterocycles. The number of anilines is 1. The van der Waals surface area contributed by atoms with Crippen LogP contribution in [0.25, 0.3) is 0 Å². The van der Waals surface area contributed by atoms with Crippen LogP contribution in [0.5, 0.6) is 0 Å². The Morgan fingerprint density at radius 3 is 2.46 bits per heavy atom. The molecule has 6 nitrogen and oxygen atoms in total. The third-order valence-electron chi connectivity index (χ3n) is 4.86. The third-order valence-corrected chi connectivity index (χ3v) is 5.12. The average molecular weight is 400 g/mol. The lowest BCUT2D eigenvalue weighted by atomic mass is 10.00. The molecule has 148 valence electrons. The quantitative estimate of drug-likeness (QED) is 0.601. The number of halogens is 1. The highest BCUT2D eigenvalue weighted by molar-refractivity contribution is 6.30. The van der Waals surface area contributed by atoms with Crippen LogP contribution in [0.1, 0.15) is 13.8 Å². The molecular formula is C21H26ClN5O. The Hall–Kier alpha value is -2.73. The molecule has 3 rings (SSSR count). The summed E-state index contributed by atoms with van der Waals surface area (Å²) >= 11 is 5.90. The molecule has 0 bridgehead atoms. The second-order valence-corrected chi connectivity index (χ2v) is 7.63. The van der Waals surface area contributed by atoms with Gasteiger partial charge in [-0.05, 0) is 42.3 Å². The zero-order valence-electron chi connectivity index (χ0n) is 16.2.